The van der Waals surface area contributed by atoms with Crippen molar-refractivity contribution in [3.8, 4) is 0 Å². The quantitative estimate of drug-likeness (QED) is 0.767. The van der Waals surface area contributed by atoms with Gasteiger partial charge in [0.05, 0.1) is 6.10 Å². The van der Waals surface area contributed by atoms with Gasteiger partial charge in [0.1, 0.15) is 0 Å². The van der Waals surface area contributed by atoms with Crippen LogP contribution in [0.15, 0.2) is 0 Å². The molecular weight excluding hydrogens is 198 g/mol. The zero-order chi connectivity index (χ0) is 11.1. The van der Waals surface area contributed by atoms with Crippen LogP contribution in [-0.2, 0) is 0 Å². The molecule has 4 aliphatic carbocycles. The molecule has 4 saturated carbocycles. The van der Waals surface area contributed by atoms with Crippen LogP contribution >= 0.6 is 0 Å². The van der Waals surface area contributed by atoms with E-state index in [0.29, 0.717) is 5.92 Å². The first-order chi connectivity index (χ1) is 7.78. The second-order valence-corrected chi connectivity index (χ2v) is 6.51. The minimum Gasteiger partial charge on any atom is -0.393 e. The topological polar surface area (TPSA) is 46.2 Å². The van der Waals surface area contributed by atoms with Gasteiger partial charge in [-0.3, -0.25) is 0 Å². The third kappa shape index (κ3) is 1.80. The summed E-state index contributed by atoms with van der Waals surface area (Å²) in [6, 6.07) is 0. The molecule has 2 heteroatoms. The number of hydrogen-bond acceptors (Lipinski definition) is 2. The molecule has 0 radical (unpaired) electrons. The first-order valence-electron chi connectivity index (χ1n) is 7.16. The molecule has 0 amide bonds. The van der Waals surface area contributed by atoms with E-state index in [-0.39, 0.29) is 6.10 Å². The van der Waals surface area contributed by atoms with Crippen molar-refractivity contribution < 1.29 is 5.11 Å². The zero-order valence-corrected chi connectivity index (χ0v) is 10.1. The van der Waals surface area contributed by atoms with Crippen molar-refractivity contribution in [1.82, 2.24) is 0 Å². The van der Waals surface area contributed by atoms with Crippen LogP contribution in [-0.4, -0.2) is 17.8 Å². The van der Waals surface area contributed by atoms with Crippen LogP contribution in [0.3, 0.4) is 0 Å². The van der Waals surface area contributed by atoms with Gasteiger partial charge in [-0.2, -0.15) is 0 Å². The van der Waals surface area contributed by atoms with Crippen molar-refractivity contribution in [2.75, 3.05) is 6.54 Å². The maximum atomic E-state index is 10.4. The summed E-state index contributed by atoms with van der Waals surface area (Å²) in [4.78, 5) is 0. The van der Waals surface area contributed by atoms with Gasteiger partial charge in [0.2, 0.25) is 0 Å². The van der Waals surface area contributed by atoms with E-state index in [1.165, 1.54) is 32.1 Å². The minimum atomic E-state index is -0.0569. The van der Waals surface area contributed by atoms with E-state index >= 15 is 0 Å². The zero-order valence-electron chi connectivity index (χ0n) is 10.1. The highest BCUT2D eigenvalue weighted by Gasteiger charge is 2.49. The second kappa shape index (κ2) is 4.30. The fraction of sp³-hybridized carbons (Fsp3) is 1.00. The molecule has 2 nitrogen and oxygen atoms in total. The van der Waals surface area contributed by atoms with Crippen LogP contribution in [0.4, 0.5) is 0 Å². The van der Waals surface area contributed by atoms with Crippen LogP contribution in [0.2, 0.25) is 0 Å². The summed E-state index contributed by atoms with van der Waals surface area (Å²) in [5.41, 5.74) is 5.54. The summed E-state index contributed by atoms with van der Waals surface area (Å²) in [6.45, 7) is 0.727. The molecule has 0 aliphatic heterocycles. The van der Waals surface area contributed by atoms with E-state index in [9.17, 15) is 5.11 Å². The standard InChI is InChI=1S/C14H25NO/c15-3-1-2-13(16)14-11-5-9-4-10(7-11)8-12(14)6-9/h9-14,16H,1-8,15H2. The van der Waals surface area contributed by atoms with Gasteiger partial charge in [0.25, 0.3) is 0 Å². The molecule has 3 N–H and O–H groups in total. The second-order valence-electron chi connectivity index (χ2n) is 6.51. The molecule has 1 atom stereocenters. The Labute approximate surface area is 98.6 Å². The molecule has 0 heterocycles. The first-order valence-corrected chi connectivity index (χ1v) is 7.16. The lowest BCUT2D eigenvalue weighted by molar-refractivity contribution is -0.0912. The third-order valence-electron chi connectivity index (χ3n) is 5.45. The Balaban J connectivity index is 1.67. The highest BCUT2D eigenvalue weighted by atomic mass is 16.3. The molecule has 0 aromatic rings. The van der Waals surface area contributed by atoms with Crippen LogP contribution < -0.4 is 5.73 Å². The van der Waals surface area contributed by atoms with Gasteiger partial charge < -0.3 is 10.8 Å². The predicted molar refractivity (Wildman–Crippen MR) is 64.8 cm³/mol. The van der Waals surface area contributed by atoms with Crippen LogP contribution in [0.5, 0.6) is 0 Å². The van der Waals surface area contributed by atoms with Crippen molar-refractivity contribution >= 4 is 0 Å². The maximum Gasteiger partial charge on any atom is 0.0574 e. The number of aliphatic hydroxyl groups excluding tert-OH is 1. The summed E-state index contributed by atoms with van der Waals surface area (Å²) in [5, 5.41) is 10.4. The summed E-state index contributed by atoms with van der Waals surface area (Å²) in [5.74, 6) is 4.35. The molecule has 4 rings (SSSR count). The lowest BCUT2D eigenvalue weighted by Crippen LogP contribution is -2.49. The van der Waals surface area contributed by atoms with E-state index in [1.54, 1.807) is 0 Å². The van der Waals surface area contributed by atoms with Crippen LogP contribution in [0, 0.1) is 29.6 Å². The van der Waals surface area contributed by atoms with Gasteiger partial charge in [-0.1, -0.05) is 0 Å². The molecule has 1 unspecified atom stereocenters. The van der Waals surface area contributed by atoms with E-state index < -0.39 is 0 Å². The van der Waals surface area contributed by atoms with Gasteiger partial charge in [-0.15, -0.1) is 0 Å². The smallest absolute Gasteiger partial charge is 0.0574 e. The Hall–Kier alpha value is -0.0800. The lowest BCUT2D eigenvalue weighted by atomic mass is 9.50. The predicted octanol–water partition coefficient (Wildman–Crippen LogP) is 2.16. The average molecular weight is 223 g/mol. The summed E-state index contributed by atoms with van der Waals surface area (Å²) < 4.78 is 0. The minimum absolute atomic E-state index is 0.0569. The van der Waals surface area contributed by atoms with Crippen molar-refractivity contribution in [3.05, 3.63) is 0 Å². The lowest BCUT2D eigenvalue weighted by Gasteiger charge is -2.55. The monoisotopic (exact) mass is 223 g/mol. The number of rotatable bonds is 4. The first kappa shape index (κ1) is 11.0. The number of hydrogen-bond donors (Lipinski definition) is 2. The molecule has 4 bridgehead atoms. The van der Waals surface area contributed by atoms with Gasteiger partial charge in [-0.05, 0) is 81.1 Å². The van der Waals surface area contributed by atoms with Crippen molar-refractivity contribution in [1.29, 1.82) is 0 Å². The Kier molecular flexibility index (Phi) is 2.97. The van der Waals surface area contributed by atoms with E-state index in [1.807, 2.05) is 0 Å². The van der Waals surface area contributed by atoms with Crippen molar-refractivity contribution in [2.45, 2.75) is 51.0 Å². The molecule has 92 valence electrons. The SMILES string of the molecule is NCCCC(O)C1C2CC3CC(C2)CC1C3. The van der Waals surface area contributed by atoms with Gasteiger partial charge >= 0.3 is 0 Å². The maximum absolute atomic E-state index is 10.4. The highest BCUT2D eigenvalue weighted by Crippen LogP contribution is 2.57. The normalized spacial score (nSPS) is 47.2. The fourth-order valence-corrected chi connectivity index (χ4v) is 5.12. The summed E-state index contributed by atoms with van der Waals surface area (Å²) in [7, 11) is 0. The van der Waals surface area contributed by atoms with Gasteiger partial charge in [-0.25, -0.2) is 0 Å². The number of nitrogens with two attached hydrogens (primary N) is 1. The molecule has 4 fully saturated rings. The Morgan fingerprint density at radius 1 is 1.00 bits per heavy atom. The van der Waals surface area contributed by atoms with E-state index in [0.717, 1.165) is 43.1 Å². The molecule has 0 aromatic carbocycles. The van der Waals surface area contributed by atoms with Crippen molar-refractivity contribution in [3.63, 3.8) is 0 Å². The largest absolute Gasteiger partial charge is 0.393 e. The average Bonchev–Trinajstić information content (AvgIpc) is 2.24. The van der Waals surface area contributed by atoms with Crippen LogP contribution in [0.25, 0.3) is 0 Å². The Morgan fingerprint density at radius 2 is 1.56 bits per heavy atom. The van der Waals surface area contributed by atoms with Gasteiger partial charge in [0, 0.05) is 0 Å². The molecule has 4 aliphatic rings. The van der Waals surface area contributed by atoms with E-state index in [4.69, 9.17) is 5.73 Å². The molecular formula is C14H25NO. The fourth-order valence-electron chi connectivity index (χ4n) is 5.12. The summed E-state index contributed by atoms with van der Waals surface area (Å²) >= 11 is 0. The van der Waals surface area contributed by atoms with E-state index in [2.05, 4.69) is 0 Å². The third-order valence-corrected chi connectivity index (χ3v) is 5.45. The Morgan fingerprint density at radius 3 is 2.06 bits per heavy atom. The molecule has 0 aromatic heterocycles. The molecule has 16 heavy (non-hydrogen) atoms. The summed E-state index contributed by atoms with van der Waals surface area (Å²) in [6.07, 6.45) is 9.02. The Bertz CT molecular complexity index is 225. The molecule has 0 spiro atoms. The van der Waals surface area contributed by atoms with Crippen molar-refractivity contribution in [2.24, 2.45) is 35.3 Å². The van der Waals surface area contributed by atoms with Gasteiger partial charge in [0.15, 0.2) is 0 Å². The highest BCUT2D eigenvalue weighted by molar-refractivity contribution is 4.99. The van der Waals surface area contributed by atoms with Crippen LogP contribution in [0.1, 0.15) is 44.9 Å². The molecule has 0 saturated heterocycles. The number of aliphatic hydroxyl groups is 1.